The van der Waals surface area contributed by atoms with Crippen molar-refractivity contribution in [3.8, 4) is 0 Å². The molecule has 18 heavy (non-hydrogen) atoms. The molecule has 2 aliphatic rings. The summed E-state index contributed by atoms with van der Waals surface area (Å²) in [6.45, 7) is 2.94. The van der Waals surface area contributed by atoms with E-state index in [0.717, 1.165) is 32.5 Å². The number of likely N-dealkylation sites (tertiary alicyclic amines) is 1. The predicted molar refractivity (Wildman–Crippen MR) is 71.3 cm³/mol. The zero-order valence-electron chi connectivity index (χ0n) is 10.5. The number of thiazole rings is 1. The van der Waals surface area contributed by atoms with Crippen LogP contribution in [0.2, 0.25) is 0 Å². The predicted octanol–water partition coefficient (Wildman–Crippen LogP) is 1.63. The molecule has 1 unspecified atom stereocenters. The Labute approximate surface area is 111 Å². The number of aromatic nitrogens is 1. The monoisotopic (exact) mass is 265 g/mol. The van der Waals surface area contributed by atoms with Gasteiger partial charge < -0.3 is 5.32 Å². The van der Waals surface area contributed by atoms with Gasteiger partial charge in [-0.1, -0.05) is 0 Å². The first-order valence-corrected chi connectivity index (χ1v) is 7.59. The van der Waals surface area contributed by atoms with Crippen LogP contribution in [0.5, 0.6) is 0 Å². The van der Waals surface area contributed by atoms with Crippen LogP contribution < -0.4 is 5.32 Å². The lowest BCUT2D eigenvalue weighted by Crippen LogP contribution is -2.43. The smallest absolute Gasteiger partial charge is 0.224 e. The van der Waals surface area contributed by atoms with Gasteiger partial charge in [0, 0.05) is 30.2 Å². The molecule has 1 saturated heterocycles. The number of amides is 1. The number of carbonyl (C=O) groups is 1. The summed E-state index contributed by atoms with van der Waals surface area (Å²) in [5.41, 5.74) is 1.87. The third kappa shape index (κ3) is 3.09. The SMILES string of the molecule is O=C(NC1CC1)C1CCCN(Cc2cncs2)C1. The van der Waals surface area contributed by atoms with Gasteiger partial charge in [-0.2, -0.15) is 0 Å². The second-order valence-electron chi connectivity index (χ2n) is 5.32. The number of hydrogen-bond acceptors (Lipinski definition) is 4. The molecule has 1 amide bonds. The number of nitrogens with one attached hydrogen (secondary N) is 1. The summed E-state index contributed by atoms with van der Waals surface area (Å²) in [6.07, 6.45) is 6.43. The van der Waals surface area contributed by atoms with Gasteiger partial charge in [-0.3, -0.25) is 14.7 Å². The highest BCUT2D eigenvalue weighted by Crippen LogP contribution is 2.23. The maximum atomic E-state index is 12.0. The van der Waals surface area contributed by atoms with Gasteiger partial charge in [-0.15, -0.1) is 11.3 Å². The molecule has 0 bridgehead atoms. The number of piperidine rings is 1. The summed E-state index contributed by atoms with van der Waals surface area (Å²) in [4.78, 5) is 19.8. The van der Waals surface area contributed by atoms with E-state index >= 15 is 0 Å². The van der Waals surface area contributed by atoms with Crippen LogP contribution in [-0.2, 0) is 11.3 Å². The Morgan fingerprint density at radius 2 is 2.39 bits per heavy atom. The molecule has 4 nitrogen and oxygen atoms in total. The fourth-order valence-corrected chi connectivity index (χ4v) is 3.14. The van der Waals surface area contributed by atoms with Crippen molar-refractivity contribution >= 4 is 17.2 Å². The molecule has 2 fully saturated rings. The lowest BCUT2D eigenvalue weighted by Gasteiger charge is -2.31. The molecule has 0 spiro atoms. The van der Waals surface area contributed by atoms with Crippen molar-refractivity contribution in [3.63, 3.8) is 0 Å². The largest absolute Gasteiger partial charge is 0.353 e. The normalized spacial score (nSPS) is 25.0. The molecule has 0 radical (unpaired) electrons. The van der Waals surface area contributed by atoms with Gasteiger partial charge in [-0.25, -0.2) is 0 Å². The maximum absolute atomic E-state index is 12.0. The van der Waals surface area contributed by atoms with Gasteiger partial charge in [0.1, 0.15) is 0 Å². The first-order chi connectivity index (χ1) is 8.81. The molecule has 2 heterocycles. The quantitative estimate of drug-likeness (QED) is 0.900. The summed E-state index contributed by atoms with van der Waals surface area (Å²) in [6, 6.07) is 0.481. The summed E-state index contributed by atoms with van der Waals surface area (Å²) in [5.74, 6) is 0.457. The highest BCUT2D eigenvalue weighted by molar-refractivity contribution is 7.09. The number of nitrogens with zero attached hydrogens (tertiary/aromatic N) is 2. The zero-order chi connectivity index (χ0) is 12.4. The molecule has 1 aliphatic heterocycles. The van der Waals surface area contributed by atoms with Crippen LogP contribution in [0.15, 0.2) is 11.7 Å². The van der Waals surface area contributed by atoms with Crippen molar-refractivity contribution in [2.75, 3.05) is 13.1 Å². The Morgan fingerprint density at radius 1 is 1.50 bits per heavy atom. The second kappa shape index (κ2) is 5.36. The molecule has 1 N–H and O–H groups in total. The van der Waals surface area contributed by atoms with E-state index in [4.69, 9.17) is 0 Å². The van der Waals surface area contributed by atoms with Crippen LogP contribution in [0.25, 0.3) is 0 Å². The van der Waals surface area contributed by atoms with Gasteiger partial charge in [0.05, 0.1) is 11.4 Å². The Morgan fingerprint density at radius 3 is 3.11 bits per heavy atom. The minimum atomic E-state index is 0.187. The number of hydrogen-bond donors (Lipinski definition) is 1. The number of rotatable bonds is 4. The van der Waals surface area contributed by atoms with Gasteiger partial charge in [0.15, 0.2) is 0 Å². The van der Waals surface area contributed by atoms with Crippen LogP contribution in [-0.4, -0.2) is 34.9 Å². The number of carbonyl (C=O) groups excluding carboxylic acids is 1. The van der Waals surface area contributed by atoms with Gasteiger partial charge in [-0.05, 0) is 32.2 Å². The molecule has 1 atom stereocenters. The van der Waals surface area contributed by atoms with Crippen molar-refractivity contribution in [1.29, 1.82) is 0 Å². The van der Waals surface area contributed by atoms with Crippen molar-refractivity contribution in [3.05, 3.63) is 16.6 Å². The van der Waals surface area contributed by atoms with Crippen LogP contribution in [0, 0.1) is 5.92 Å². The molecule has 3 rings (SSSR count). The van der Waals surface area contributed by atoms with E-state index in [-0.39, 0.29) is 11.8 Å². The van der Waals surface area contributed by atoms with Gasteiger partial charge >= 0.3 is 0 Å². The maximum Gasteiger partial charge on any atom is 0.224 e. The van der Waals surface area contributed by atoms with Crippen molar-refractivity contribution in [2.45, 2.75) is 38.3 Å². The standard InChI is InChI=1S/C13H19N3OS/c17-13(15-11-3-4-11)10-2-1-5-16(7-10)8-12-6-14-9-18-12/h6,9-11H,1-5,7-8H2,(H,15,17). The summed E-state index contributed by atoms with van der Waals surface area (Å²) in [5, 5.41) is 3.13. The fraction of sp³-hybridized carbons (Fsp3) is 0.692. The molecular formula is C13H19N3OS. The minimum Gasteiger partial charge on any atom is -0.353 e. The van der Waals surface area contributed by atoms with Crippen LogP contribution in [0.4, 0.5) is 0 Å². The zero-order valence-corrected chi connectivity index (χ0v) is 11.3. The third-order valence-corrected chi connectivity index (χ3v) is 4.43. The highest BCUT2D eigenvalue weighted by atomic mass is 32.1. The molecule has 1 saturated carbocycles. The van der Waals surface area contributed by atoms with E-state index in [1.165, 1.54) is 17.7 Å². The topological polar surface area (TPSA) is 45.2 Å². The Kier molecular flexibility index (Phi) is 3.61. The minimum absolute atomic E-state index is 0.187. The lowest BCUT2D eigenvalue weighted by atomic mass is 9.97. The summed E-state index contributed by atoms with van der Waals surface area (Å²) < 4.78 is 0. The second-order valence-corrected chi connectivity index (χ2v) is 6.30. The average Bonchev–Trinajstić information content (AvgIpc) is 3.04. The van der Waals surface area contributed by atoms with Gasteiger partial charge in [0.25, 0.3) is 0 Å². The lowest BCUT2D eigenvalue weighted by molar-refractivity contribution is -0.126. The van der Waals surface area contributed by atoms with E-state index in [2.05, 4.69) is 15.2 Å². The van der Waals surface area contributed by atoms with Crippen LogP contribution in [0.1, 0.15) is 30.6 Å². The van der Waals surface area contributed by atoms with E-state index in [1.54, 1.807) is 11.3 Å². The summed E-state index contributed by atoms with van der Waals surface area (Å²) >= 11 is 1.69. The molecule has 1 aliphatic carbocycles. The molecular weight excluding hydrogens is 246 g/mol. The van der Waals surface area contributed by atoms with Crippen LogP contribution in [0.3, 0.4) is 0 Å². The van der Waals surface area contributed by atoms with E-state index < -0.39 is 0 Å². The average molecular weight is 265 g/mol. The Balaban J connectivity index is 1.52. The molecule has 1 aromatic rings. The molecule has 1 aromatic heterocycles. The first kappa shape index (κ1) is 12.1. The fourth-order valence-electron chi connectivity index (χ4n) is 2.50. The van der Waals surface area contributed by atoms with Crippen LogP contribution >= 0.6 is 11.3 Å². The first-order valence-electron chi connectivity index (χ1n) is 6.71. The van der Waals surface area contributed by atoms with E-state index in [0.29, 0.717) is 6.04 Å². The molecule has 98 valence electrons. The summed E-state index contributed by atoms with van der Waals surface area (Å²) in [7, 11) is 0. The van der Waals surface area contributed by atoms with E-state index in [1.807, 2.05) is 11.7 Å². The Bertz CT molecular complexity index is 402. The Hall–Kier alpha value is -0.940. The van der Waals surface area contributed by atoms with Crippen molar-refractivity contribution in [1.82, 2.24) is 15.2 Å². The van der Waals surface area contributed by atoms with Crippen molar-refractivity contribution in [2.24, 2.45) is 5.92 Å². The highest BCUT2D eigenvalue weighted by Gasteiger charge is 2.30. The molecule has 0 aromatic carbocycles. The molecule has 5 heteroatoms. The van der Waals surface area contributed by atoms with E-state index in [9.17, 15) is 4.79 Å². The third-order valence-electron chi connectivity index (χ3n) is 3.66. The van der Waals surface area contributed by atoms with Crippen molar-refractivity contribution < 1.29 is 4.79 Å². The van der Waals surface area contributed by atoms with Gasteiger partial charge in [0.2, 0.25) is 5.91 Å².